The lowest BCUT2D eigenvalue weighted by molar-refractivity contribution is 0.102. The van der Waals surface area contributed by atoms with E-state index in [0.717, 1.165) is 31.0 Å². The van der Waals surface area contributed by atoms with E-state index >= 15 is 0 Å². The standard InChI is InChI=1S/C13H25NO/c1-10-6-11(2)8-12(7-10)14-9-13-4-3-5-15-13/h10-14H,3-9H2,1-2H3/t10-,11-,13-/m1/s1. The van der Waals surface area contributed by atoms with E-state index in [1.165, 1.54) is 32.1 Å². The first-order valence-electron chi connectivity index (χ1n) is 6.59. The fourth-order valence-corrected chi connectivity index (χ4v) is 3.22. The lowest BCUT2D eigenvalue weighted by Crippen LogP contribution is -2.40. The molecule has 15 heavy (non-hydrogen) atoms. The van der Waals surface area contributed by atoms with E-state index < -0.39 is 0 Å². The summed E-state index contributed by atoms with van der Waals surface area (Å²) in [6.45, 7) is 6.82. The van der Waals surface area contributed by atoms with Crippen LogP contribution in [0, 0.1) is 11.8 Å². The Morgan fingerprint density at radius 2 is 1.87 bits per heavy atom. The quantitative estimate of drug-likeness (QED) is 0.774. The minimum absolute atomic E-state index is 0.498. The summed E-state index contributed by atoms with van der Waals surface area (Å²) in [6.07, 6.45) is 7.14. The molecular formula is C13H25NO. The molecule has 2 aliphatic rings. The predicted octanol–water partition coefficient (Wildman–Crippen LogP) is 2.58. The highest BCUT2D eigenvalue weighted by Crippen LogP contribution is 2.28. The third-order valence-corrected chi connectivity index (χ3v) is 3.84. The molecule has 0 spiro atoms. The van der Waals surface area contributed by atoms with Crippen molar-refractivity contribution in [2.45, 2.75) is 58.1 Å². The van der Waals surface area contributed by atoms with Crippen LogP contribution in [0.25, 0.3) is 0 Å². The maximum absolute atomic E-state index is 5.64. The number of hydrogen-bond donors (Lipinski definition) is 1. The van der Waals surface area contributed by atoms with E-state index in [2.05, 4.69) is 19.2 Å². The van der Waals surface area contributed by atoms with Crippen molar-refractivity contribution < 1.29 is 4.74 Å². The SMILES string of the molecule is C[C@H]1CC(NC[C@H]2CCCO2)C[C@H](C)C1. The number of hydrogen-bond acceptors (Lipinski definition) is 2. The Balaban J connectivity index is 1.69. The van der Waals surface area contributed by atoms with Crippen LogP contribution in [0.2, 0.25) is 0 Å². The fraction of sp³-hybridized carbons (Fsp3) is 1.00. The van der Waals surface area contributed by atoms with Crippen LogP contribution in [0.3, 0.4) is 0 Å². The van der Waals surface area contributed by atoms with Crippen LogP contribution in [-0.4, -0.2) is 25.3 Å². The monoisotopic (exact) mass is 211 g/mol. The molecule has 1 aliphatic heterocycles. The van der Waals surface area contributed by atoms with Gasteiger partial charge in [0.15, 0.2) is 0 Å². The van der Waals surface area contributed by atoms with Crippen molar-refractivity contribution in [3.8, 4) is 0 Å². The molecule has 0 unspecified atom stereocenters. The van der Waals surface area contributed by atoms with Crippen molar-refractivity contribution in [3.63, 3.8) is 0 Å². The Labute approximate surface area is 93.8 Å². The topological polar surface area (TPSA) is 21.3 Å². The second-order valence-electron chi connectivity index (χ2n) is 5.66. The molecule has 0 radical (unpaired) electrons. The van der Waals surface area contributed by atoms with Crippen LogP contribution in [0.1, 0.15) is 46.0 Å². The summed E-state index contributed by atoms with van der Waals surface area (Å²) in [4.78, 5) is 0. The zero-order chi connectivity index (χ0) is 10.7. The van der Waals surface area contributed by atoms with Gasteiger partial charge >= 0.3 is 0 Å². The van der Waals surface area contributed by atoms with Crippen LogP contribution in [0.15, 0.2) is 0 Å². The summed E-state index contributed by atoms with van der Waals surface area (Å²) >= 11 is 0. The van der Waals surface area contributed by atoms with Gasteiger partial charge in [-0.15, -0.1) is 0 Å². The highest BCUT2D eigenvalue weighted by molar-refractivity contribution is 4.81. The molecule has 1 aliphatic carbocycles. The van der Waals surface area contributed by atoms with Crippen LogP contribution in [0.5, 0.6) is 0 Å². The Morgan fingerprint density at radius 1 is 1.13 bits per heavy atom. The van der Waals surface area contributed by atoms with Gasteiger partial charge in [0.05, 0.1) is 6.10 Å². The molecule has 0 aromatic rings. The van der Waals surface area contributed by atoms with E-state index in [9.17, 15) is 0 Å². The molecule has 0 aromatic carbocycles. The average molecular weight is 211 g/mol. The predicted molar refractivity (Wildman–Crippen MR) is 62.9 cm³/mol. The summed E-state index contributed by atoms with van der Waals surface area (Å²) in [5.41, 5.74) is 0. The first-order chi connectivity index (χ1) is 7.24. The molecule has 2 nitrogen and oxygen atoms in total. The van der Waals surface area contributed by atoms with Crippen LogP contribution in [-0.2, 0) is 4.74 Å². The second kappa shape index (κ2) is 5.31. The van der Waals surface area contributed by atoms with E-state index in [-0.39, 0.29) is 0 Å². The van der Waals surface area contributed by atoms with Crippen LogP contribution >= 0.6 is 0 Å². The van der Waals surface area contributed by atoms with Crippen molar-refractivity contribution in [2.24, 2.45) is 11.8 Å². The zero-order valence-corrected chi connectivity index (χ0v) is 10.2. The lowest BCUT2D eigenvalue weighted by Gasteiger charge is -2.32. The Bertz CT molecular complexity index is 179. The van der Waals surface area contributed by atoms with Gasteiger partial charge in [0.1, 0.15) is 0 Å². The smallest absolute Gasteiger partial charge is 0.0700 e. The molecule has 88 valence electrons. The van der Waals surface area contributed by atoms with Crippen LogP contribution < -0.4 is 5.32 Å². The van der Waals surface area contributed by atoms with Gasteiger partial charge in [-0.3, -0.25) is 0 Å². The van der Waals surface area contributed by atoms with Crippen LogP contribution in [0.4, 0.5) is 0 Å². The highest BCUT2D eigenvalue weighted by Gasteiger charge is 2.24. The Kier molecular flexibility index (Phi) is 4.04. The molecule has 2 heteroatoms. The maximum atomic E-state index is 5.64. The van der Waals surface area contributed by atoms with Gasteiger partial charge in [-0.2, -0.15) is 0 Å². The minimum atomic E-state index is 0.498. The largest absolute Gasteiger partial charge is 0.377 e. The van der Waals surface area contributed by atoms with E-state index in [1.54, 1.807) is 0 Å². The molecule has 1 N–H and O–H groups in total. The van der Waals surface area contributed by atoms with Crippen molar-refractivity contribution in [2.75, 3.05) is 13.2 Å². The molecule has 2 rings (SSSR count). The summed E-state index contributed by atoms with van der Waals surface area (Å²) in [6, 6.07) is 0.743. The number of rotatable bonds is 3. The molecule has 0 bridgehead atoms. The van der Waals surface area contributed by atoms with Crippen molar-refractivity contribution >= 4 is 0 Å². The summed E-state index contributed by atoms with van der Waals surface area (Å²) < 4.78 is 5.64. The first-order valence-corrected chi connectivity index (χ1v) is 6.59. The minimum Gasteiger partial charge on any atom is -0.377 e. The molecule has 2 fully saturated rings. The second-order valence-corrected chi connectivity index (χ2v) is 5.66. The summed E-state index contributed by atoms with van der Waals surface area (Å²) in [5, 5.41) is 3.70. The Morgan fingerprint density at radius 3 is 2.47 bits per heavy atom. The van der Waals surface area contributed by atoms with E-state index in [4.69, 9.17) is 4.74 Å². The van der Waals surface area contributed by atoms with Gasteiger partial charge in [-0.05, 0) is 43.9 Å². The molecule has 0 amide bonds. The maximum Gasteiger partial charge on any atom is 0.0700 e. The van der Waals surface area contributed by atoms with Crippen molar-refractivity contribution in [3.05, 3.63) is 0 Å². The normalized spacial score (nSPS) is 42.0. The summed E-state index contributed by atoms with van der Waals surface area (Å²) in [5.74, 6) is 1.80. The highest BCUT2D eigenvalue weighted by atomic mass is 16.5. The van der Waals surface area contributed by atoms with Gasteiger partial charge in [0.2, 0.25) is 0 Å². The number of ether oxygens (including phenoxy) is 1. The lowest BCUT2D eigenvalue weighted by atomic mass is 9.80. The first kappa shape index (κ1) is 11.4. The third-order valence-electron chi connectivity index (χ3n) is 3.84. The molecule has 1 saturated carbocycles. The third kappa shape index (κ3) is 3.46. The zero-order valence-electron chi connectivity index (χ0n) is 10.2. The van der Waals surface area contributed by atoms with Gasteiger partial charge in [0.25, 0.3) is 0 Å². The molecule has 1 heterocycles. The summed E-state index contributed by atoms with van der Waals surface area (Å²) in [7, 11) is 0. The van der Waals surface area contributed by atoms with Gasteiger partial charge in [0, 0.05) is 19.2 Å². The molecule has 1 saturated heterocycles. The molecular weight excluding hydrogens is 186 g/mol. The van der Waals surface area contributed by atoms with Crippen molar-refractivity contribution in [1.29, 1.82) is 0 Å². The average Bonchev–Trinajstić information content (AvgIpc) is 2.65. The van der Waals surface area contributed by atoms with Gasteiger partial charge in [-0.25, -0.2) is 0 Å². The fourth-order valence-electron chi connectivity index (χ4n) is 3.22. The molecule has 0 aromatic heterocycles. The van der Waals surface area contributed by atoms with E-state index in [1.807, 2.05) is 0 Å². The van der Waals surface area contributed by atoms with Gasteiger partial charge < -0.3 is 10.1 Å². The Hall–Kier alpha value is -0.0800. The number of nitrogens with one attached hydrogen (secondary N) is 1. The van der Waals surface area contributed by atoms with Gasteiger partial charge in [-0.1, -0.05) is 13.8 Å². The van der Waals surface area contributed by atoms with Crippen molar-refractivity contribution in [1.82, 2.24) is 5.32 Å². The molecule has 3 atom stereocenters. The van der Waals surface area contributed by atoms with E-state index in [0.29, 0.717) is 6.10 Å².